The molecule has 0 fully saturated rings. The molecule has 0 heterocycles. The third-order valence-electron chi connectivity index (χ3n) is 5.72. The maximum absolute atomic E-state index is 13.7. The standard InChI is InChI=1S/C15H2F30O3S/c16-1(17)2(18,19)3(20,21)4(22,23)5(24,25)6(26,27)7(28,29)8(30,31)9(32,33)10(34,35)11(36,37)12(38,39)13(40,41)14(42,43)15(44,45)49(46,47)48/h1H,(H,46,47,48). The second-order valence-electron chi connectivity index (χ2n) is 8.81. The molecule has 296 valence electrons. The third-order valence-corrected chi connectivity index (χ3v) is 6.62. The van der Waals surface area contributed by atoms with Gasteiger partial charge in [-0.25, -0.2) is 8.78 Å². The van der Waals surface area contributed by atoms with Crippen molar-refractivity contribution in [3.63, 3.8) is 0 Å². The molecule has 0 amide bonds. The van der Waals surface area contributed by atoms with Crippen LogP contribution in [0.15, 0.2) is 0 Å². The highest BCUT2D eigenvalue weighted by molar-refractivity contribution is 7.87. The van der Waals surface area contributed by atoms with E-state index in [1.165, 1.54) is 0 Å². The minimum atomic E-state index is -10.1. The molecule has 49 heavy (non-hydrogen) atoms. The molecule has 0 aliphatic carbocycles. The first-order valence-corrected chi connectivity index (χ1v) is 11.4. The molecule has 0 unspecified atom stereocenters. The summed E-state index contributed by atoms with van der Waals surface area (Å²) in [6.07, 6.45) is -6.46. The van der Waals surface area contributed by atoms with E-state index >= 15 is 0 Å². The van der Waals surface area contributed by atoms with Gasteiger partial charge in [0.05, 0.1) is 0 Å². The van der Waals surface area contributed by atoms with Crippen molar-refractivity contribution in [1.29, 1.82) is 0 Å². The quantitative estimate of drug-likeness (QED) is 0.133. The van der Waals surface area contributed by atoms with Gasteiger partial charge in [0.1, 0.15) is 0 Å². The highest BCUT2D eigenvalue weighted by Crippen LogP contribution is 2.69. The second-order valence-corrected chi connectivity index (χ2v) is 10.3. The first-order valence-electron chi connectivity index (χ1n) is 9.99. The number of hydrogen-bond acceptors (Lipinski definition) is 2. The Morgan fingerprint density at radius 2 is 0.449 bits per heavy atom. The van der Waals surface area contributed by atoms with E-state index in [0.717, 1.165) is 0 Å². The molecule has 0 aromatic carbocycles. The summed E-state index contributed by atoms with van der Waals surface area (Å²) in [5.74, 6) is -125. The van der Waals surface area contributed by atoms with Crippen molar-refractivity contribution in [1.82, 2.24) is 0 Å². The van der Waals surface area contributed by atoms with E-state index in [-0.39, 0.29) is 0 Å². The van der Waals surface area contributed by atoms with E-state index < -0.39 is 98.8 Å². The molecule has 0 aromatic heterocycles. The summed E-state index contributed by atoms with van der Waals surface area (Å²) >= 11 is 0. The summed E-state index contributed by atoms with van der Waals surface area (Å²) in [5, 5.41) is -8.36. The van der Waals surface area contributed by atoms with Crippen molar-refractivity contribution in [2.45, 2.75) is 88.7 Å². The highest BCUT2D eigenvalue weighted by atomic mass is 32.2. The van der Waals surface area contributed by atoms with Gasteiger partial charge in [-0.2, -0.15) is 131 Å². The topological polar surface area (TPSA) is 54.4 Å². The first-order chi connectivity index (χ1) is 20.4. The van der Waals surface area contributed by atoms with Gasteiger partial charge < -0.3 is 0 Å². The van der Waals surface area contributed by atoms with Crippen molar-refractivity contribution in [3.8, 4) is 0 Å². The van der Waals surface area contributed by atoms with Gasteiger partial charge in [0.2, 0.25) is 0 Å². The smallest absolute Gasteiger partial charge is 0.281 e. The fourth-order valence-corrected chi connectivity index (χ4v) is 3.11. The van der Waals surface area contributed by atoms with Crippen LogP contribution in [-0.2, 0) is 10.1 Å². The van der Waals surface area contributed by atoms with Crippen molar-refractivity contribution in [2.75, 3.05) is 0 Å². The molecule has 0 aliphatic heterocycles. The van der Waals surface area contributed by atoms with Gasteiger partial charge in [0.25, 0.3) is 0 Å². The Labute approximate surface area is 244 Å². The van der Waals surface area contributed by atoms with Crippen LogP contribution in [0.1, 0.15) is 0 Å². The Balaban J connectivity index is 7.69. The van der Waals surface area contributed by atoms with Crippen molar-refractivity contribution in [2.24, 2.45) is 0 Å². The number of halogens is 30. The van der Waals surface area contributed by atoms with E-state index in [9.17, 15) is 140 Å². The van der Waals surface area contributed by atoms with E-state index in [0.29, 0.717) is 0 Å². The second kappa shape index (κ2) is 11.2. The maximum Gasteiger partial charge on any atom is 0.438 e. The molecule has 3 nitrogen and oxygen atoms in total. The minimum absolute atomic E-state index is 6.46. The van der Waals surface area contributed by atoms with E-state index in [4.69, 9.17) is 4.55 Å². The molecule has 0 saturated heterocycles. The van der Waals surface area contributed by atoms with Crippen LogP contribution < -0.4 is 0 Å². The predicted molar refractivity (Wildman–Crippen MR) is 86.8 cm³/mol. The van der Waals surface area contributed by atoms with Crippen LogP contribution in [0, 0.1) is 0 Å². The molecule has 0 rings (SSSR count). The lowest BCUT2D eigenvalue weighted by Crippen LogP contribution is -2.79. The lowest BCUT2D eigenvalue weighted by atomic mass is 9.83. The Hall–Kier alpha value is -2.19. The maximum atomic E-state index is 13.7. The van der Waals surface area contributed by atoms with Crippen molar-refractivity contribution >= 4 is 10.1 Å². The Morgan fingerprint density at radius 3 is 0.592 bits per heavy atom. The lowest BCUT2D eigenvalue weighted by Gasteiger charge is -2.46. The van der Waals surface area contributed by atoms with Gasteiger partial charge >= 0.3 is 98.8 Å². The van der Waals surface area contributed by atoms with E-state index in [2.05, 4.69) is 0 Å². The molecule has 0 aliphatic rings. The summed E-state index contributed by atoms with van der Waals surface area (Å²) in [6, 6.07) is 0. The normalized spacial score (nSPS) is 17.2. The van der Waals surface area contributed by atoms with Crippen LogP contribution in [0.4, 0.5) is 132 Å². The first kappa shape index (κ1) is 46.8. The largest absolute Gasteiger partial charge is 0.438 e. The van der Waals surface area contributed by atoms with Crippen LogP contribution in [0.3, 0.4) is 0 Å². The summed E-state index contributed by atoms with van der Waals surface area (Å²) < 4.78 is 428. The number of rotatable bonds is 15. The Bertz CT molecular complexity index is 1340. The zero-order chi connectivity index (χ0) is 41.1. The molecular weight excluding hydrogens is 830 g/mol. The molecule has 0 bridgehead atoms. The van der Waals surface area contributed by atoms with Gasteiger partial charge in [-0.1, -0.05) is 0 Å². The number of hydrogen-bond donors (Lipinski definition) is 1. The van der Waals surface area contributed by atoms with Crippen LogP contribution in [0.25, 0.3) is 0 Å². The summed E-state index contributed by atoms with van der Waals surface area (Å²) in [4.78, 5) is 0. The van der Waals surface area contributed by atoms with Crippen LogP contribution in [-0.4, -0.2) is 102 Å². The number of alkyl halides is 30. The van der Waals surface area contributed by atoms with Crippen molar-refractivity contribution in [3.05, 3.63) is 0 Å². The minimum Gasteiger partial charge on any atom is -0.281 e. The lowest BCUT2D eigenvalue weighted by molar-refractivity contribution is -0.485. The van der Waals surface area contributed by atoms with Crippen LogP contribution >= 0.6 is 0 Å². The van der Waals surface area contributed by atoms with Gasteiger partial charge in [0, 0.05) is 0 Å². The molecular formula is C15H2F30O3S. The zero-order valence-electron chi connectivity index (χ0n) is 20.6. The molecule has 34 heteroatoms. The fourth-order valence-electron chi connectivity index (χ4n) is 2.66. The Morgan fingerprint density at radius 1 is 0.306 bits per heavy atom. The van der Waals surface area contributed by atoms with Crippen LogP contribution in [0.5, 0.6) is 0 Å². The summed E-state index contributed by atoms with van der Waals surface area (Å²) in [5.41, 5.74) is 0. The van der Waals surface area contributed by atoms with E-state index in [1.807, 2.05) is 0 Å². The summed E-state index contributed by atoms with van der Waals surface area (Å²) in [7, 11) is -8.38. The molecule has 0 radical (unpaired) electrons. The molecule has 0 aromatic rings. The zero-order valence-corrected chi connectivity index (χ0v) is 21.4. The average Bonchev–Trinajstić information content (AvgIpc) is 2.86. The highest BCUT2D eigenvalue weighted by Gasteiger charge is 3.01. The summed E-state index contributed by atoms with van der Waals surface area (Å²) in [6.45, 7) is 0. The fraction of sp³-hybridized carbons (Fsp3) is 1.00. The van der Waals surface area contributed by atoms with Gasteiger partial charge in [-0.05, 0) is 0 Å². The molecule has 1 N–H and O–H groups in total. The average molecular weight is 832 g/mol. The van der Waals surface area contributed by atoms with Crippen LogP contribution in [0.2, 0.25) is 0 Å². The van der Waals surface area contributed by atoms with Gasteiger partial charge in [-0.15, -0.1) is 0 Å². The van der Waals surface area contributed by atoms with E-state index in [1.54, 1.807) is 0 Å². The Kier molecular flexibility index (Phi) is 10.7. The van der Waals surface area contributed by atoms with Gasteiger partial charge in [-0.3, -0.25) is 4.55 Å². The molecule has 0 spiro atoms. The SMILES string of the molecule is O=S(=O)(O)C(F)(F)C(F)(F)C(F)(F)C(F)(F)C(F)(F)C(F)(F)C(F)(F)C(F)(F)C(F)(F)C(F)(F)C(F)(F)C(F)(F)C(F)(F)C(F)(F)C(F)F. The third kappa shape index (κ3) is 5.22. The molecule has 0 atom stereocenters. The monoisotopic (exact) mass is 832 g/mol. The predicted octanol–water partition coefficient (Wildman–Crippen LogP) is 8.99. The van der Waals surface area contributed by atoms with Gasteiger partial charge in [0.15, 0.2) is 0 Å². The molecule has 0 saturated carbocycles. The van der Waals surface area contributed by atoms with Crippen molar-refractivity contribution < 1.29 is 145 Å².